The number of unbranched alkanes of at least 4 members (excludes halogenated alkanes) is 2. The molecule has 2 saturated carbocycles. The lowest BCUT2D eigenvalue weighted by molar-refractivity contribution is -0.140. The number of hydrogen-bond acceptors (Lipinski definition) is 5. The van der Waals surface area contributed by atoms with E-state index < -0.39 is 20.0 Å². The van der Waals surface area contributed by atoms with Crippen molar-refractivity contribution in [2.45, 2.75) is 143 Å². The van der Waals surface area contributed by atoms with Gasteiger partial charge in [-0.2, -0.15) is 0 Å². The molecule has 0 atom stereocenters. The average molecular weight is 701 g/mol. The highest BCUT2D eigenvalue weighted by molar-refractivity contribution is 6.90. The summed E-state index contributed by atoms with van der Waals surface area (Å²) in [6.07, 6.45) is 17.3. The number of benzene rings is 2. The van der Waals surface area contributed by atoms with Crippen molar-refractivity contribution in [3.05, 3.63) is 77.4 Å². The first kappa shape index (κ1) is 39.8. The van der Waals surface area contributed by atoms with Crippen LogP contribution in [0, 0.1) is 17.8 Å². The van der Waals surface area contributed by atoms with E-state index in [9.17, 15) is 14.7 Å². The molecule has 0 radical (unpaired) electrons. The monoisotopic (exact) mass is 700 g/mol. The van der Waals surface area contributed by atoms with Crippen LogP contribution >= 0.6 is 0 Å². The van der Waals surface area contributed by atoms with E-state index in [-0.39, 0.29) is 19.8 Å². The smallest absolute Gasteiger partial charge is 0.333 e. The zero-order chi connectivity index (χ0) is 36.3. The molecule has 1 N–H and O–H groups in total. The number of esters is 2. The molecule has 0 heterocycles. The van der Waals surface area contributed by atoms with Crippen LogP contribution in [0.3, 0.4) is 0 Å². The number of carbonyl (C=O) groups is 2. The molecule has 2 aromatic carbocycles. The molecule has 2 aromatic rings. The van der Waals surface area contributed by atoms with Crippen LogP contribution in [0.5, 0.6) is 0 Å². The van der Waals surface area contributed by atoms with E-state index in [1.165, 1.54) is 82.6 Å². The molecule has 0 unspecified atom stereocenters. The van der Waals surface area contributed by atoms with E-state index in [2.05, 4.69) is 69.6 Å². The van der Waals surface area contributed by atoms with Gasteiger partial charge in [-0.25, -0.2) is 9.59 Å². The predicted octanol–water partition coefficient (Wildman–Crippen LogP) is 10.6. The Morgan fingerprint density at radius 1 is 0.760 bits per heavy atom. The van der Waals surface area contributed by atoms with Gasteiger partial charge in [0.05, 0.1) is 8.07 Å². The van der Waals surface area contributed by atoms with Crippen molar-refractivity contribution in [1.29, 1.82) is 0 Å². The van der Waals surface area contributed by atoms with Crippen LogP contribution in [0.15, 0.2) is 60.7 Å². The van der Waals surface area contributed by atoms with Crippen molar-refractivity contribution in [3.63, 3.8) is 0 Å². The van der Waals surface area contributed by atoms with Gasteiger partial charge in [-0.3, -0.25) is 0 Å². The first-order chi connectivity index (χ1) is 23.9. The second-order valence-electron chi connectivity index (χ2n) is 16.1. The Bertz CT molecular complexity index is 1390. The topological polar surface area (TPSA) is 72.8 Å². The van der Waals surface area contributed by atoms with Crippen LogP contribution in [0.25, 0.3) is 11.1 Å². The molecule has 4 rings (SSSR count). The fourth-order valence-electron chi connectivity index (χ4n) is 8.71. The molecule has 50 heavy (non-hydrogen) atoms. The number of aliphatic hydroxyl groups excluding tert-OH is 1. The molecular weight excluding hydrogens is 637 g/mol. The highest BCUT2D eigenvalue weighted by Gasteiger charge is 2.32. The second kappa shape index (κ2) is 19.0. The van der Waals surface area contributed by atoms with E-state index >= 15 is 0 Å². The lowest BCUT2D eigenvalue weighted by Gasteiger charge is -2.38. The zero-order valence-corrected chi connectivity index (χ0v) is 32.8. The molecule has 2 aliphatic rings. The normalized spacial score (nSPS) is 21.0. The molecule has 2 aliphatic carbocycles. The molecule has 274 valence electrons. The molecule has 0 bridgehead atoms. The van der Waals surface area contributed by atoms with Crippen molar-refractivity contribution in [3.8, 4) is 11.1 Å². The Labute approximate surface area is 304 Å². The van der Waals surface area contributed by atoms with Crippen LogP contribution in [-0.2, 0) is 32.3 Å². The van der Waals surface area contributed by atoms with Gasteiger partial charge in [0, 0.05) is 17.8 Å². The number of hydrogen-bond donors (Lipinski definition) is 1. The van der Waals surface area contributed by atoms with Crippen molar-refractivity contribution >= 4 is 25.2 Å². The lowest BCUT2D eigenvalue weighted by atomic mass is 9.68. The third-order valence-corrected chi connectivity index (χ3v) is 15.2. The lowest BCUT2D eigenvalue weighted by Crippen LogP contribution is -2.46. The van der Waals surface area contributed by atoms with Crippen LogP contribution in [0.2, 0.25) is 19.1 Å². The van der Waals surface area contributed by atoms with Gasteiger partial charge < -0.3 is 14.6 Å². The third kappa shape index (κ3) is 11.0. The maximum atomic E-state index is 12.5. The summed E-state index contributed by atoms with van der Waals surface area (Å²) < 4.78 is 11.5. The Morgan fingerprint density at radius 2 is 1.28 bits per heavy atom. The van der Waals surface area contributed by atoms with Gasteiger partial charge in [0.15, 0.2) is 0 Å². The predicted molar refractivity (Wildman–Crippen MR) is 209 cm³/mol. The highest BCUT2D eigenvalue weighted by Crippen LogP contribution is 2.45. The van der Waals surface area contributed by atoms with Gasteiger partial charge in [0.25, 0.3) is 0 Å². The highest BCUT2D eigenvalue weighted by atomic mass is 28.3. The summed E-state index contributed by atoms with van der Waals surface area (Å²) in [6, 6.07) is 14.2. The summed E-state index contributed by atoms with van der Waals surface area (Å²) in [7, 11) is -2.16. The number of ether oxygens (including phenoxy) is 2. The van der Waals surface area contributed by atoms with Crippen molar-refractivity contribution < 1.29 is 24.2 Å². The largest absolute Gasteiger partial charge is 0.457 e. The van der Waals surface area contributed by atoms with Gasteiger partial charge in [-0.05, 0) is 128 Å². The minimum absolute atomic E-state index is 0.105. The van der Waals surface area contributed by atoms with Gasteiger partial charge in [-0.1, -0.05) is 102 Å². The van der Waals surface area contributed by atoms with Gasteiger partial charge in [-0.15, -0.1) is 0 Å². The minimum atomic E-state index is -2.16. The van der Waals surface area contributed by atoms with Crippen LogP contribution < -0.4 is 5.19 Å². The summed E-state index contributed by atoms with van der Waals surface area (Å²) >= 11 is 0. The Hall–Kier alpha value is -2.96. The summed E-state index contributed by atoms with van der Waals surface area (Å²) in [6.45, 7) is 18.0. The van der Waals surface area contributed by atoms with E-state index in [4.69, 9.17) is 9.47 Å². The quantitative estimate of drug-likeness (QED) is 0.0770. The van der Waals surface area contributed by atoms with Gasteiger partial charge >= 0.3 is 11.9 Å². The molecule has 5 nitrogen and oxygen atoms in total. The first-order valence-corrected chi connectivity index (χ1v) is 22.7. The van der Waals surface area contributed by atoms with Crippen LogP contribution in [-0.4, -0.2) is 31.7 Å². The Kier molecular flexibility index (Phi) is 15.2. The zero-order valence-electron chi connectivity index (χ0n) is 31.8. The van der Waals surface area contributed by atoms with E-state index in [0.717, 1.165) is 51.2 Å². The van der Waals surface area contributed by atoms with Crippen LogP contribution in [0.4, 0.5) is 0 Å². The molecule has 0 spiro atoms. The molecule has 0 aliphatic heterocycles. The summed E-state index contributed by atoms with van der Waals surface area (Å²) in [4.78, 5) is 25.0. The van der Waals surface area contributed by atoms with E-state index in [0.29, 0.717) is 23.5 Å². The molecule has 0 aromatic heterocycles. The van der Waals surface area contributed by atoms with E-state index in [1.807, 2.05) is 0 Å². The Morgan fingerprint density at radius 3 is 1.76 bits per heavy atom. The number of aliphatic hydroxyl groups is 1. The number of rotatable bonds is 17. The summed E-state index contributed by atoms with van der Waals surface area (Å²) in [5.41, 5.74) is 6.06. The summed E-state index contributed by atoms with van der Waals surface area (Å²) in [5.74, 6) is 2.57. The van der Waals surface area contributed by atoms with Crippen molar-refractivity contribution in [2.24, 2.45) is 17.8 Å². The second-order valence-corrected chi connectivity index (χ2v) is 20.9. The van der Waals surface area contributed by atoms with Crippen LogP contribution in [0.1, 0.15) is 127 Å². The van der Waals surface area contributed by atoms with Gasteiger partial charge in [0.1, 0.15) is 13.2 Å². The molecule has 0 amide bonds. The van der Waals surface area contributed by atoms with E-state index in [1.54, 1.807) is 13.8 Å². The Balaban J connectivity index is 1.52. The standard InChI is InChI=1S/C44H64O5Si/c1-8-9-10-12-33-13-15-34(16-14-33)35-17-19-36(20-18-35)37-21-23-38(24-22-37)39-27-40(29-48-43(46)31(2)3)42(50(6,7)26-11-25-45)41(28-39)30-49-44(47)32(4)5/h21-24,27-28,33-36,45H,2,4,8-20,25-26,29-30H2,1,3,5-7H3. The van der Waals surface area contributed by atoms with Crippen molar-refractivity contribution in [2.75, 3.05) is 6.61 Å². The molecule has 6 heteroatoms. The maximum Gasteiger partial charge on any atom is 0.333 e. The van der Waals surface area contributed by atoms with Crippen molar-refractivity contribution in [1.82, 2.24) is 0 Å². The van der Waals surface area contributed by atoms with Gasteiger partial charge in [0.2, 0.25) is 0 Å². The molecule has 0 saturated heterocycles. The first-order valence-electron chi connectivity index (χ1n) is 19.5. The molecular formula is C44H64O5Si. The maximum absolute atomic E-state index is 12.5. The summed E-state index contributed by atoms with van der Waals surface area (Å²) in [5, 5.41) is 10.8. The minimum Gasteiger partial charge on any atom is -0.457 e. The SMILES string of the molecule is C=C(C)C(=O)OCc1cc(-c2ccc(C3CCC(C4CCC(CCCCC)CC4)CC3)cc2)cc(COC(=O)C(=C)C)c1[Si](C)(C)CCCO. The third-order valence-electron chi connectivity index (χ3n) is 11.6. The number of carbonyl (C=O) groups excluding carboxylic acids is 2. The molecule has 2 fully saturated rings. The fraction of sp³-hybridized carbons (Fsp3) is 0.591. The fourth-order valence-corrected chi connectivity index (χ4v) is 12.0. The average Bonchev–Trinajstić information content (AvgIpc) is 3.12.